The Hall–Kier alpha value is -3.43. The monoisotopic (exact) mass is 411 g/mol. The summed E-state index contributed by atoms with van der Waals surface area (Å²) >= 11 is 6.18. The molecule has 0 saturated heterocycles. The highest BCUT2D eigenvalue weighted by atomic mass is 35.5. The predicted molar refractivity (Wildman–Crippen MR) is 109 cm³/mol. The van der Waals surface area contributed by atoms with Crippen molar-refractivity contribution in [1.29, 1.82) is 0 Å². The number of carbonyl (C=O) groups excluding carboxylic acids is 1. The molecule has 0 atom stereocenters. The highest BCUT2D eigenvalue weighted by molar-refractivity contribution is 6.31. The Morgan fingerprint density at radius 2 is 2.24 bits per heavy atom. The van der Waals surface area contributed by atoms with Crippen molar-refractivity contribution in [2.24, 2.45) is 5.73 Å². The molecule has 0 aliphatic rings. The molecule has 0 aliphatic carbocycles. The van der Waals surface area contributed by atoms with Crippen LogP contribution in [0.3, 0.4) is 0 Å². The van der Waals surface area contributed by atoms with Gasteiger partial charge in [0.2, 0.25) is 0 Å². The standard InChI is InChI=1S/C19H18ClN7O2/c1-29-16-4-3-12(20)9-13(16)17-15(11-26(25-17)8-5-21)24-19(28)14-10-23-27-7-2-6-22-18(14)27/h2-4,6-7,9-11H,5,8,21H2,1H3,(H,24,28). The molecular formula is C19H18ClN7O2. The summed E-state index contributed by atoms with van der Waals surface area (Å²) < 4.78 is 8.65. The summed E-state index contributed by atoms with van der Waals surface area (Å²) in [5, 5.41) is 12.1. The third-order valence-corrected chi connectivity index (χ3v) is 4.54. The maximum Gasteiger partial charge on any atom is 0.261 e. The van der Waals surface area contributed by atoms with E-state index in [0.717, 1.165) is 0 Å². The van der Waals surface area contributed by atoms with Crippen LogP contribution in [-0.2, 0) is 6.54 Å². The van der Waals surface area contributed by atoms with E-state index in [0.29, 0.717) is 52.0 Å². The quantitative estimate of drug-likeness (QED) is 0.504. The Kier molecular flexibility index (Phi) is 5.15. The molecule has 0 saturated carbocycles. The number of nitrogens with one attached hydrogen (secondary N) is 1. The molecule has 0 unspecified atom stereocenters. The van der Waals surface area contributed by atoms with Crippen LogP contribution in [0, 0.1) is 0 Å². The number of carbonyl (C=O) groups is 1. The molecule has 0 radical (unpaired) electrons. The lowest BCUT2D eigenvalue weighted by atomic mass is 10.1. The summed E-state index contributed by atoms with van der Waals surface area (Å²) in [5.41, 5.74) is 8.15. The second kappa shape index (κ2) is 7.90. The summed E-state index contributed by atoms with van der Waals surface area (Å²) in [6, 6.07) is 6.95. The molecule has 4 aromatic rings. The molecule has 3 aromatic heterocycles. The molecule has 9 nitrogen and oxygen atoms in total. The van der Waals surface area contributed by atoms with Crippen LogP contribution in [-0.4, -0.2) is 43.9 Å². The van der Waals surface area contributed by atoms with Gasteiger partial charge in [0.15, 0.2) is 5.65 Å². The van der Waals surface area contributed by atoms with Gasteiger partial charge in [-0.25, -0.2) is 9.50 Å². The van der Waals surface area contributed by atoms with Crippen LogP contribution in [0.4, 0.5) is 5.69 Å². The smallest absolute Gasteiger partial charge is 0.261 e. The molecule has 0 aliphatic heterocycles. The number of amides is 1. The molecule has 1 amide bonds. The van der Waals surface area contributed by atoms with Crippen molar-refractivity contribution < 1.29 is 9.53 Å². The van der Waals surface area contributed by atoms with Gasteiger partial charge in [-0.15, -0.1) is 0 Å². The van der Waals surface area contributed by atoms with E-state index in [2.05, 4.69) is 20.5 Å². The van der Waals surface area contributed by atoms with Crippen molar-refractivity contribution in [3.8, 4) is 17.0 Å². The number of rotatable bonds is 6. The summed E-state index contributed by atoms with van der Waals surface area (Å²) in [7, 11) is 1.56. The maximum absolute atomic E-state index is 12.9. The average Bonchev–Trinajstić information content (AvgIpc) is 3.32. The Bertz CT molecular complexity index is 1180. The minimum atomic E-state index is -0.353. The molecule has 148 valence electrons. The number of nitrogens with two attached hydrogens (primary N) is 1. The molecular weight excluding hydrogens is 394 g/mol. The van der Waals surface area contributed by atoms with Gasteiger partial charge in [0, 0.05) is 35.7 Å². The van der Waals surface area contributed by atoms with Crippen molar-refractivity contribution in [2.75, 3.05) is 19.0 Å². The fourth-order valence-corrected chi connectivity index (χ4v) is 3.17. The lowest BCUT2D eigenvalue weighted by molar-refractivity contribution is 0.102. The van der Waals surface area contributed by atoms with E-state index in [-0.39, 0.29) is 5.91 Å². The van der Waals surface area contributed by atoms with E-state index in [1.165, 1.54) is 10.7 Å². The number of aromatic nitrogens is 5. The molecule has 0 bridgehead atoms. The van der Waals surface area contributed by atoms with Gasteiger partial charge in [-0.2, -0.15) is 10.2 Å². The predicted octanol–water partition coefficient (Wildman–Crippen LogP) is 2.47. The van der Waals surface area contributed by atoms with Crippen LogP contribution in [0.5, 0.6) is 5.75 Å². The first-order chi connectivity index (χ1) is 14.1. The second-order valence-corrected chi connectivity index (χ2v) is 6.62. The number of ether oxygens (including phenoxy) is 1. The van der Waals surface area contributed by atoms with Crippen LogP contribution in [0.1, 0.15) is 10.4 Å². The van der Waals surface area contributed by atoms with E-state index in [9.17, 15) is 4.79 Å². The van der Waals surface area contributed by atoms with Gasteiger partial charge in [-0.05, 0) is 24.3 Å². The normalized spacial score (nSPS) is 11.0. The number of hydrogen-bond acceptors (Lipinski definition) is 6. The third-order valence-electron chi connectivity index (χ3n) is 4.31. The average molecular weight is 412 g/mol. The van der Waals surface area contributed by atoms with Crippen molar-refractivity contribution >= 4 is 28.8 Å². The lowest BCUT2D eigenvalue weighted by Gasteiger charge is -2.09. The Morgan fingerprint density at radius 3 is 3.03 bits per heavy atom. The summed E-state index contributed by atoms with van der Waals surface area (Å²) in [5.74, 6) is 0.230. The lowest BCUT2D eigenvalue weighted by Crippen LogP contribution is -2.12. The van der Waals surface area contributed by atoms with Gasteiger partial charge < -0.3 is 15.8 Å². The number of anilines is 1. The number of halogens is 1. The largest absolute Gasteiger partial charge is 0.496 e. The summed E-state index contributed by atoms with van der Waals surface area (Å²) in [6.07, 6.45) is 6.52. The summed E-state index contributed by atoms with van der Waals surface area (Å²) in [6.45, 7) is 0.892. The molecule has 3 N–H and O–H groups in total. The van der Waals surface area contributed by atoms with Gasteiger partial charge in [0.25, 0.3) is 5.91 Å². The van der Waals surface area contributed by atoms with Crippen LogP contribution < -0.4 is 15.8 Å². The number of methoxy groups -OCH3 is 1. The number of hydrogen-bond donors (Lipinski definition) is 2. The van der Waals surface area contributed by atoms with Crippen LogP contribution in [0.25, 0.3) is 16.9 Å². The molecule has 3 heterocycles. The first-order valence-corrected chi connectivity index (χ1v) is 9.19. The van der Waals surface area contributed by atoms with Gasteiger partial charge in [-0.3, -0.25) is 9.48 Å². The molecule has 0 fully saturated rings. The first kappa shape index (κ1) is 18.9. The van der Waals surface area contributed by atoms with Crippen LogP contribution in [0.2, 0.25) is 5.02 Å². The highest BCUT2D eigenvalue weighted by Gasteiger charge is 2.20. The zero-order valence-electron chi connectivity index (χ0n) is 15.5. The Morgan fingerprint density at radius 1 is 1.38 bits per heavy atom. The zero-order valence-corrected chi connectivity index (χ0v) is 16.3. The maximum atomic E-state index is 12.9. The minimum Gasteiger partial charge on any atom is -0.496 e. The summed E-state index contributed by atoms with van der Waals surface area (Å²) in [4.78, 5) is 17.2. The second-order valence-electron chi connectivity index (χ2n) is 6.19. The van der Waals surface area contributed by atoms with Gasteiger partial charge in [0.1, 0.15) is 17.0 Å². The van der Waals surface area contributed by atoms with Crippen LogP contribution in [0.15, 0.2) is 49.1 Å². The topological polar surface area (TPSA) is 112 Å². The van der Waals surface area contributed by atoms with E-state index in [1.54, 1.807) is 54.6 Å². The van der Waals surface area contributed by atoms with Gasteiger partial charge in [-0.1, -0.05) is 11.6 Å². The number of nitrogens with zero attached hydrogens (tertiary/aromatic N) is 5. The molecule has 10 heteroatoms. The SMILES string of the molecule is COc1ccc(Cl)cc1-c1nn(CCN)cc1NC(=O)c1cnn2cccnc12. The number of fused-ring (bicyclic) bond motifs is 1. The molecule has 4 rings (SSSR count). The van der Waals surface area contributed by atoms with E-state index < -0.39 is 0 Å². The Balaban J connectivity index is 1.75. The van der Waals surface area contributed by atoms with Crippen molar-refractivity contribution in [3.05, 3.63) is 59.6 Å². The van der Waals surface area contributed by atoms with Crippen LogP contribution >= 0.6 is 11.6 Å². The fraction of sp³-hybridized carbons (Fsp3) is 0.158. The fourth-order valence-electron chi connectivity index (χ4n) is 3.00. The Labute approximate surface area is 171 Å². The zero-order chi connectivity index (χ0) is 20.4. The van der Waals surface area contributed by atoms with E-state index in [1.807, 2.05) is 0 Å². The van der Waals surface area contributed by atoms with E-state index in [4.69, 9.17) is 22.1 Å². The van der Waals surface area contributed by atoms with Crippen molar-refractivity contribution in [1.82, 2.24) is 24.4 Å². The van der Waals surface area contributed by atoms with Crippen molar-refractivity contribution in [2.45, 2.75) is 6.54 Å². The third kappa shape index (κ3) is 3.65. The molecule has 1 aromatic carbocycles. The molecule has 29 heavy (non-hydrogen) atoms. The number of benzene rings is 1. The highest BCUT2D eigenvalue weighted by Crippen LogP contribution is 2.36. The van der Waals surface area contributed by atoms with Crippen molar-refractivity contribution in [3.63, 3.8) is 0 Å². The van der Waals surface area contributed by atoms with Gasteiger partial charge >= 0.3 is 0 Å². The van der Waals surface area contributed by atoms with Gasteiger partial charge in [0.05, 0.1) is 25.5 Å². The van der Waals surface area contributed by atoms with E-state index >= 15 is 0 Å². The molecule has 0 spiro atoms. The first-order valence-electron chi connectivity index (χ1n) is 8.82. The minimum absolute atomic E-state index is 0.348.